The van der Waals surface area contributed by atoms with Crippen LogP contribution in [0.4, 0.5) is 0 Å². The number of methoxy groups -OCH3 is 1. The van der Waals surface area contributed by atoms with Crippen LogP contribution in [0.15, 0.2) is 41.9 Å². The number of pyridine rings is 1. The quantitative estimate of drug-likeness (QED) is 0.258. The summed E-state index contributed by atoms with van der Waals surface area (Å²) in [6.45, 7) is 5.52. The van der Waals surface area contributed by atoms with E-state index in [-0.39, 0.29) is 6.42 Å². The van der Waals surface area contributed by atoms with E-state index in [2.05, 4.69) is 40.4 Å². The van der Waals surface area contributed by atoms with Gasteiger partial charge in [-0.2, -0.15) is 0 Å². The Morgan fingerprint density at radius 2 is 2.03 bits per heavy atom. The molecule has 0 saturated carbocycles. The molecule has 0 bridgehead atoms. The second-order valence-corrected chi connectivity index (χ2v) is 11.3. The molecule has 0 radical (unpaired) electrons. The van der Waals surface area contributed by atoms with Gasteiger partial charge in [0.2, 0.25) is 0 Å². The fraction of sp³-hybridized carbons (Fsp3) is 0.533. The van der Waals surface area contributed by atoms with Crippen LogP contribution in [0.25, 0.3) is 10.9 Å². The van der Waals surface area contributed by atoms with Crippen LogP contribution in [0.3, 0.4) is 0 Å². The van der Waals surface area contributed by atoms with Gasteiger partial charge in [0.25, 0.3) is 0 Å². The molecule has 0 spiro atoms. The summed E-state index contributed by atoms with van der Waals surface area (Å²) in [6, 6.07) is 10.4. The van der Waals surface area contributed by atoms with E-state index in [4.69, 9.17) is 4.74 Å². The van der Waals surface area contributed by atoms with Crippen molar-refractivity contribution in [2.24, 2.45) is 11.8 Å². The predicted molar refractivity (Wildman–Crippen MR) is 148 cm³/mol. The minimum Gasteiger partial charge on any atom is -0.497 e. The third kappa shape index (κ3) is 7.30. The molecule has 6 heteroatoms. The minimum atomic E-state index is -0.672. The van der Waals surface area contributed by atoms with Crippen molar-refractivity contribution in [3.05, 3.63) is 57.9 Å². The normalized spacial score (nSPS) is 18.5. The monoisotopic (exact) mass is 508 g/mol. The smallest absolute Gasteiger partial charge is 0.303 e. The Kier molecular flexibility index (Phi) is 9.76. The molecule has 1 N–H and O–H groups in total. The maximum Gasteiger partial charge on any atom is 0.303 e. The Balaban J connectivity index is 1.29. The lowest BCUT2D eigenvalue weighted by Crippen LogP contribution is -2.41. The molecular formula is C30H40N2O3S. The van der Waals surface area contributed by atoms with Crippen molar-refractivity contribution in [2.75, 3.05) is 26.7 Å². The van der Waals surface area contributed by atoms with Crippen molar-refractivity contribution in [1.82, 2.24) is 9.88 Å². The van der Waals surface area contributed by atoms with E-state index in [1.54, 1.807) is 7.11 Å². The van der Waals surface area contributed by atoms with Gasteiger partial charge in [-0.3, -0.25) is 9.78 Å². The number of nitrogens with zero attached hydrogens (tertiary/aromatic N) is 2. The summed E-state index contributed by atoms with van der Waals surface area (Å²) in [6.07, 6.45) is 11.1. The number of hydrogen-bond donors (Lipinski definition) is 1. The minimum absolute atomic E-state index is 0.279. The first-order valence-electron chi connectivity index (χ1n) is 13.4. The molecule has 5 nitrogen and oxygen atoms in total. The van der Waals surface area contributed by atoms with Crippen molar-refractivity contribution in [1.29, 1.82) is 0 Å². The summed E-state index contributed by atoms with van der Waals surface area (Å²) in [4.78, 5) is 19.9. The Labute approximate surface area is 219 Å². The third-order valence-electron chi connectivity index (χ3n) is 7.86. The number of piperidine rings is 1. The van der Waals surface area contributed by atoms with Crippen molar-refractivity contribution < 1.29 is 14.6 Å². The first-order chi connectivity index (χ1) is 17.5. The zero-order valence-electron chi connectivity index (χ0n) is 21.7. The van der Waals surface area contributed by atoms with Crippen molar-refractivity contribution in [3.8, 4) is 5.75 Å². The van der Waals surface area contributed by atoms with Crippen LogP contribution in [0.2, 0.25) is 0 Å². The first-order valence-corrected chi connectivity index (χ1v) is 14.3. The number of aryl methyl sites for hydroxylation is 3. The van der Waals surface area contributed by atoms with Gasteiger partial charge in [0.15, 0.2) is 0 Å². The van der Waals surface area contributed by atoms with Crippen LogP contribution in [-0.2, 0) is 17.6 Å². The number of carboxylic acids is 1. The molecule has 0 amide bonds. The van der Waals surface area contributed by atoms with Gasteiger partial charge in [0, 0.05) is 29.4 Å². The Morgan fingerprint density at radius 1 is 1.14 bits per heavy atom. The number of fused-ring (bicyclic) bond motifs is 1. The van der Waals surface area contributed by atoms with Gasteiger partial charge in [-0.05, 0) is 130 Å². The second-order valence-electron chi connectivity index (χ2n) is 10.3. The van der Waals surface area contributed by atoms with Gasteiger partial charge < -0.3 is 14.7 Å². The number of thiophene rings is 1. The number of carboxylic acid groups (broad SMARTS) is 1. The molecule has 1 saturated heterocycles. The highest BCUT2D eigenvalue weighted by atomic mass is 32.1. The Hall–Kier alpha value is -2.44. The summed E-state index contributed by atoms with van der Waals surface area (Å²) in [5.74, 6) is 1.28. The van der Waals surface area contributed by atoms with Crippen LogP contribution in [0, 0.1) is 18.8 Å². The second kappa shape index (κ2) is 13.2. The van der Waals surface area contributed by atoms with E-state index in [1.165, 1.54) is 47.1 Å². The molecule has 1 aliphatic heterocycles. The number of likely N-dealkylation sites (tertiary alicyclic amines) is 1. The number of ether oxygens (including phenoxy) is 1. The van der Waals surface area contributed by atoms with E-state index in [0.717, 1.165) is 56.6 Å². The third-order valence-corrected chi connectivity index (χ3v) is 8.94. The van der Waals surface area contributed by atoms with Gasteiger partial charge in [-0.1, -0.05) is 0 Å². The van der Waals surface area contributed by atoms with Gasteiger partial charge in [0.1, 0.15) is 5.75 Å². The molecule has 36 heavy (non-hydrogen) atoms. The number of carbonyl (C=O) groups is 1. The molecule has 3 heterocycles. The maximum atomic E-state index is 11.3. The fourth-order valence-electron chi connectivity index (χ4n) is 5.74. The van der Waals surface area contributed by atoms with E-state index in [1.807, 2.05) is 29.7 Å². The Bertz CT molecular complexity index is 1130. The Morgan fingerprint density at radius 3 is 2.81 bits per heavy atom. The topological polar surface area (TPSA) is 62.7 Å². The summed E-state index contributed by atoms with van der Waals surface area (Å²) >= 11 is 1.87. The molecule has 4 rings (SSSR count). The molecular weight excluding hydrogens is 468 g/mol. The average Bonchev–Trinajstić information content (AvgIpc) is 3.30. The highest BCUT2D eigenvalue weighted by molar-refractivity contribution is 7.10. The summed E-state index contributed by atoms with van der Waals surface area (Å²) in [5, 5.41) is 12.7. The number of benzene rings is 1. The first kappa shape index (κ1) is 26.6. The van der Waals surface area contributed by atoms with E-state index in [0.29, 0.717) is 11.8 Å². The van der Waals surface area contributed by atoms with Crippen LogP contribution < -0.4 is 4.74 Å². The van der Waals surface area contributed by atoms with E-state index < -0.39 is 5.97 Å². The largest absolute Gasteiger partial charge is 0.497 e. The summed E-state index contributed by atoms with van der Waals surface area (Å²) < 4.78 is 5.43. The SMILES string of the molecule is COc1ccc2nccc(CCC[C@@H]3CCN(CCCCc4sccc4C)C[C@@H]3CCC(=O)O)c2c1. The molecule has 1 aliphatic rings. The molecule has 2 atom stereocenters. The van der Waals surface area contributed by atoms with Gasteiger partial charge in [-0.15, -0.1) is 11.3 Å². The predicted octanol–water partition coefficient (Wildman–Crippen LogP) is 6.76. The summed E-state index contributed by atoms with van der Waals surface area (Å²) in [5.41, 5.74) is 3.75. The number of aromatic nitrogens is 1. The van der Waals surface area contributed by atoms with Crippen molar-refractivity contribution >= 4 is 28.2 Å². The molecule has 1 fully saturated rings. The van der Waals surface area contributed by atoms with Crippen LogP contribution >= 0.6 is 11.3 Å². The zero-order valence-corrected chi connectivity index (χ0v) is 22.6. The average molecular weight is 509 g/mol. The van der Waals surface area contributed by atoms with E-state index >= 15 is 0 Å². The lowest BCUT2D eigenvalue weighted by molar-refractivity contribution is -0.137. The van der Waals surface area contributed by atoms with Crippen LogP contribution in [0.5, 0.6) is 5.75 Å². The highest BCUT2D eigenvalue weighted by Crippen LogP contribution is 2.32. The van der Waals surface area contributed by atoms with Crippen LogP contribution in [0.1, 0.15) is 60.9 Å². The maximum absolute atomic E-state index is 11.3. The number of unbranched alkanes of at least 4 members (excludes halogenated alkanes) is 1. The molecule has 0 unspecified atom stereocenters. The van der Waals surface area contributed by atoms with E-state index in [9.17, 15) is 9.90 Å². The van der Waals surface area contributed by atoms with Gasteiger partial charge in [-0.25, -0.2) is 0 Å². The molecule has 194 valence electrons. The number of aliphatic carboxylic acids is 1. The fourth-order valence-corrected chi connectivity index (χ4v) is 6.69. The summed E-state index contributed by atoms with van der Waals surface area (Å²) in [7, 11) is 1.70. The van der Waals surface area contributed by atoms with Crippen LogP contribution in [-0.4, -0.2) is 47.7 Å². The molecule has 1 aromatic carbocycles. The van der Waals surface area contributed by atoms with Crippen molar-refractivity contribution in [2.45, 2.75) is 64.7 Å². The number of rotatable bonds is 13. The zero-order chi connectivity index (χ0) is 25.3. The molecule has 3 aromatic rings. The van der Waals surface area contributed by atoms with Crippen molar-refractivity contribution in [3.63, 3.8) is 0 Å². The lowest BCUT2D eigenvalue weighted by Gasteiger charge is -2.39. The van der Waals surface area contributed by atoms with Gasteiger partial charge >= 0.3 is 5.97 Å². The standard InChI is InChI=1S/C30H40N2O3S/c1-22-15-19-36-29(22)8-3-4-17-32-18-14-23(25(21-32)9-12-30(33)34)6-5-7-24-13-16-31-28-11-10-26(35-2)20-27(24)28/h10-11,13,15-16,19-20,23,25H,3-9,12,14,17-18,21H2,1-2H3,(H,33,34)/t23-,25+/m1/s1. The molecule has 0 aliphatic carbocycles. The lowest BCUT2D eigenvalue weighted by atomic mass is 9.79. The highest BCUT2D eigenvalue weighted by Gasteiger charge is 2.29. The van der Waals surface area contributed by atoms with Gasteiger partial charge in [0.05, 0.1) is 12.6 Å². The molecule has 2 aromatic heterocycles. The number of hydrogen-bond acceptors (Lipinski definition) is 5.